The van der Waals surface area contributed by atoms with Gasteiger partial charge in [0.15, 0.2) is 23.1 Å². The number of hydrogen-bond donors (Lipinski definition) is 1. The predicted molar refractivity (Wildman–Crippen MR) is 193 cm³/mol. The van der Waals surface area contributed by atoms with Crippen molar-refractivity contribution in [2.75, 3.05) is 31.0 Å². The third-order valence-corrected chi connectivity index (χ3v) is 10.7. The summed E-state index contributed by atoms with van der Waals surface area (Å²) in [6.07, 6.45) is 3.85. The summed E-state index contributed by atoms with van der Waals surface area (Å²) in [5, 5.41) is 19.2. The van der Waals surface area contributed by atoms with E-state index in [-0.39, 0.29) is 41.3 Å². The number of halogens is 1. The Kier molecular flexibility index (Phi) is 8.34. The number of ether oxygens (including phenoxy) is 1. The first-order chi connectivity index (χ1) is 23.5. The van der Waals surface area contributed by atoms with E-state index in [0.717, 1.165) is 11.3 Å². The van der Waals surface area contributed by atoms with Crippen molar-refractivity contribution in [3.8, 4) is 11.5 Å². The molecule has 49 heavy (non-hydrogen) atoms. The van der Waals surface area contributed by atoms with Crippen LogP contribution in [0, 0.1) is 21.3 Å². The van der Waals surface area contributed by atoms with Gasteiger partial charge in [-0.15, -0.1) is 0 Å². The van der Waals surface area contributed by atoms with Gasteiger partial charge in [-0.3, -0.25) is 24.1 Å². The SMILES string of the molecule is COc1cc([C@H]2C3=CC[C@@H]4C(=O)N(c5ccc(N=Nc6ccc(N(C)C)cc6)cc5)C(=O)[C@@H]4[C@@H]3CC3=C2C(=O)C=C(C)C3=O)cc(I)c1O. The number of amides is 2. The Morgan fingerprint density at radius 1 is 0.918 bits per heavy atom. The molecule has 1 aliphatic heterocycles. The van der Waals surface area contributed by atoms with Crippen LogP contribution in [0.2, 0.25) is 0 Å². The molecule has 0 saturated carbocycles. The van der Waals surface area contributed by atoms with Crippen molar-refractivity contribution in [1.82, 2.24) is 0 Å². The van der Waals surface area contributed by atoms with Crippen molar-refractivity contribution in [2.45, 2.75) is 25.7 Å². The lowest BCUT2D eigenvalue weighted by Gasteiger charge is -2.42. The molecule has 3 aromatic rings. The monoisotopic (exact) mass is 768 g/mol. The summed E-state index contributed by atoms with van der Waals surface area (Å²) < 4.78 is 5.97. The van der Waals surface area contributed by atoms with E-state index in [1.807, 2.05) is 71.9 Å². The topological polar surface area (TPSA) is 129 Å². The van der Waals surface area contributed by atoms with Crippen molar-refractivity contribution in [3.63, 3.8) is 0 Å². The number of aromatic hydroxyl groups is 1. The van der Waals surface area contributed by atoms with Crippen LogP contribution in [0.25, 0.3) is 0 Å². The van der Waals surface area contributed by atoms with Crippen LogP contribution < -0.4 is 14.5 Å². The van der Waals surface area contributed by atoms with Gasteiger partial charge in [0.1, 0.15) is 0 Å². The summed E-state index contributed by atoms with van der Waals surface area (Å²) in [6, 6.07) is 17.9. The van der Waals surface area contributed by atoms with E-state index < -0.39 is 23.7 Å². The van der Waals surface area contributed by atoms with E-state index in [9.17, 15) is 24.3 Å². The molecular weight excluding hydrogens is 735 g/mol. The molecule has 0 radical (unpaired) electrons. The maximum atomic E-state index is 14.3. The van der Waals surface area contributed by atoms with Gasteiger partial charge in [0, 0.05) is 42.4 Å². The van der Waals surface area contributed by atoms with Gasteiger partial charge in [-0.05, 0) is 121 Å². The second-order valence-electron chi connectivity index (χ2n) is 12.9. The number of benzene rings is 3. The minimum atomic E-state index is -0.708. The number of methoxy groups -OCH3 is 1. The average Bonchev–Trinajstić information content (AvgIpc) is 3.36. The zero-order valence-electron chi connectivity index (χ0n) is 27.3. The first-order valence-electron chi connectivity index (χ1n) is 15.9. The normalized spacial score (nSPS) is 23.3. The van der Waals surface area contributed by atoms with E-state index in [1.165, 1.54) is 18.1 Å². The number of nitrogens with zero attached hydrogens (tertiary/aromatic N) is 4. The molecular formula is C38H33IN4O6. The highest BCUT2D eigenvalue weighted by atomic mass is 127. The molecule has 11 heteroatoms. The molecule has 10 nitrogen and oxygen atoms in total. The Morgan fingerprint density at radius 3 is 2.20 bits per heavy atom. The van der Waals surface area contributed by atoms with Crippen molar-refractivity contribution in [1.29, 1.82) is 0 Å². The fourth-order valence-corrected chi connectivity index (χ4v) is 8.16. The van der Waals surface area contributed by atoms with Crippen LogP contribution in [-0.4, -0.2) is 49.7 Å². The summed E-state index contributed by atoms with van der Waals surface area (Å²) in [7, 11) is 5.38. The molecule has 4 atom stereocenters. The van der Waals surface area contributed by atoms with Crippen LogP contribution >= 0.6 is 22.6 Å². The number of azo groups is 1. The Hall–Kier alpha value is -4.91. The number of carbonyl (C=O) groups is 4. The molecule has 248 valence electrons. The smallest absolute Gasteiger partial charge is 0.238 e. The van der Waals surface area contributed by atoms with Gasteiger partial charge in [0.2, 0.25) is 11.8 Å². The molecule has 4 aliphatic rings. The average molecular weight is 769 g/mol. The number of hydrogen-bond acceptors (Lipinski definition) is 9. The number of Topliss-reactive ketones (excluding diaryl/α,β-unsaturated/α-hetero) is 1. The Morgan fingerprint density at radius 2 is 1.57 bits per heavy atom. The highest BCUT2D eigenvalue weighted by molar-refractivity contribution is 14.1. The number of rotatable bonds is 6. The van der Waals surface area contributed by atoms with Crippen LogP contribution in [0.4, 0.5) is 22.7 Å². The van der Waals surface area contributed by atoms with E-state index in [4.69, 9.17) is 4.74 Å². The van der Waals surface area contributed by atoms with E-state index in [0.29, 0.717) is 49.3 Å². The zero-order chi connectivity index (χ0) is 34.7. The van der Waals surface area contributed by atoms with Crippen LogP contribution in [0.5, 0.6) is 11.5 Å². The molecule has 3 aliphatic carbocycles. The number of anilines is 2. The lowest BCUT2D eigenvalue weighted by Crippen LogP contribution is -2.39. The minimum Gasteiger partial charge on any atom is -0.504 e. The van der Waals surface area contributed by atoms with E-state index in [1.54, 1.807) is 43.3 Å². The number of carbonyl (C=O) groups excluding carboxylic acids is 4. The summed E-state index contributed by atoms with van der Waals surface area (Å²) in [5.74, 6) is -3.31. The van der Waals surface area contributed by atoms with Crippen LogP contribution in [0.3, 0.4) is 0 Å². The van der Waals surface area contributed by atoms with Gasteiger partial charge in [-0.25, -0.2) is 0 Å². The van der Waals surface area contributed by atoms with E-state index >= 15 is 0 Å². The van der Waals surface area contributed by atoms with E-state index in [2.05, 4.69) is 10.2 Å². The van der Waals surface area contributed by atoms with Crippen molar-refractivity contribution in [2.24, 2.45) is 28.0 Å². The summed E-state index contributed by atoms with van der Waals surface area (Å²) in [6.45, 7) is 1.62. The fraction of sp³-hybridized carbons (Fsp3) is 0.263. The zero-order valence-corrected chi connectivity index (χ0v) is 29.5. The van der Waals surface area contributed by atoms with Crippen LogP contribution in [0.1, 0.15) is 31.2 Å². The van der Waals surface area contributed by atoms with Crippen LogP contribution in [0.15, 0.2) is 105 Å². The second-order valence-corrected chi connectivity index (χ2v) is 14.1. The molecule has 1 saturated heterocycles. The number of allylic oxidation sites excluding steroid dienone is 6. The van der Waals surface area contributed by atoms with Gasteiger partial charge in [-0.2, -0.15) is 10.2 Å². The number of phenols is 1. The third-order valence-electron chi connectivity index (χ3n) is 9.92. The Balaban J connectivity index is 1.21. The standard InChI is InChI=1S/C38H33IN4O6/c1-19-15-30(44)34-28(35(19)45)18-27-25(32(34)20-16-29(39)36(46)31(17-20)49-4)13-14-26-33(27)38(48)43(37(26)47)24-11-7-22(8-12-24)41-40-21-5-9-23(10-6-21)42(2)3/h5-13,15-17,26-27,32-33,46H,14,18H2,1-4H3/t26-,27+,32-,33-/m0/s1. The minimum absolute atomic E-state index is 0.0220. The number of imide groups is 1. The second kappa shape index (κ2) is 12.5. The fourth-order valence-electron chi connectivity index (χ4n) is 7.53. The first-order valence-corrected chi connectivity index (χ1v) is 17.0. The highest BCUT2D eigenvalue weighted by Gasteiger charge is 2.56. The third kappa shape index (κ3) is 5.49. The summed E-state index contributed by atoms with van der Waals surface area (Å²) >= 11 is 2.01. The Labute approximate surface area is 297 Å². The van der Waals surface area contributed by atoms with Gasteiger partial charge in [-0.1, -0.05) is 11.6 Å². The Bertz CT molecular complexity index is 2060. The van der Waals surface area contributed by atoms with Gasteiger partial charge < -0.3 is 14.7 Å². The first kappa shape index (κ1) is 32.6. The highest BCUT2D eigenvalue weighted by Crippen LogP contribution is 2.56. The van der Waals surface area contributed by atoms with Crippen LogP contribution in [-0.2, 0) is 19.2 Å². The largest absolute Gasteiger partial charge is 0.504 e. The maximum absolute atomic E-state index is 14.3. The summed E-state index contributed by atoms with van der Waals surface area (Å²) in [4.78, 5) is 58.6. The molecule has 0 aromatic heterocycles. The number of phenolic OH excluding ortho intramolecular Hbond substituents is 1. The molecule has 2 amide bonds. The molecule has 0 unspecified atom stereocenters. The molecule has 0 bridgehead atoms. The lowest BCUT2D eigenvalue weighted by atomic mass is 9.59. The van der Waals surface area contributed by atoms with Crippen molar-refractivity contribution in [3.05, 3.63) is 104 Å². The van der Waals surface area contributed by atoms with Crippen molar-refractivity contribution >= 4 is 68.7 Å². The van der Waals surface area contributed by atoms with Gasteiger partial charge in [0.25, 0.3) is 0 Å². The maximum Gasteiger partial charge on any atom is 0.238 e. The molecule has 1 heterocycles. The molecule has 0 spiro atoms. The van der Waals surface area contributed by atoms with Crippen molar-refractivity contribution < 1.29 is 29.0 Å². The summed E-state index contributed by atoms with van der Waals surface area (Å²) in [5.41, 5.74) is 5.35. The van der Waals surface area contributed by atoms with Gasteiger partial charge in [0.05, 0.1) is 39.6 Å². The lowest BCUT2D eigenvalue weighted by molar-refractivity contribution is -0.123. The molecule has 7 rings (SSSR count). The van der Waals surface area contributed by atoms with Gasteiger partial charge >= 0.3 is 0 Å². The predicted octanol–water partition coefficient (Wildman–Crippen LogP) is 7.12. The molecule has 1 fully saturated rings. The number of ketones is 2. The molecule has 1 N–H and O–H groups in total. The quantitative estimate of drug-likeness (QED) is 0.0930. The number of fused-ring (bicyclic) bond motifs is 3. The molecule has 3 aromatic carbocycles.